The third-order valence-electron chi connectivity index (χ3n) is 4.50. The average molecular weight is 356 g/mol. The first-order chi connectivity index (χ1) is 12.1. The molecule has 1 aliphatic rings. The molecule has 0 saturated carbocycles. The van der Waals surface area contributed by atoms with E-state index >= 15 is 0 Å². The van der Waals surface area contributed by atoms with E-state index in [4.69, 9.17) is 16.0 Å². The van der Waals surface area contributed by atoms with Crippen molar-refractivity contribution in [3.63, 3.8) is 0 Å². The van der Waals surface area contributed by atoms with Crippen LogP contribution in [-0.4, -0.2) is 28.9 Å². The van der Waals surface area contributed by atoms with E-state index in [1.807, 2.05) is 36.1 Å². The lowest BCUT2D eigenvalue weighted by Gasteiger charge is -2.15. The number of hydrogen-bond acceptors (Lipinski definition) is 4. The Morgan fingerprint density at radius 3 is 2.80 bits per heavy atom. The van der Waals surface area contributed by atoms with Crippen LogP contribution >= 0.6 is 11.6 Å². The van der Waals surface area contributed by atoms with E-state index in [0.29, 0.717) is 22.1 Å². The fourth-order valence-corrected chi connectivity index (χ4v) is 3.24. The van der Waals surface area contributed by atoms with Gasteiger partial charge in [0.05, 0.1) is 11.6 Å². The van der Waals surface area contributed by atoms with Crippen LogP contribution < -0.4 is 5.32 Å². The molecule has 0 atom stereocenters. The predicted molar refractivity (Wildman–Crippen MR) is 98.6 cm³/mol. The van der Waals surface area contributed by atoms with Gasteiger partial charge in [0.25, 0.3) is 5.91 Å². The summed E-state index contributed by atoms with van der Waals surface area (Å²) in [6.07, 6.45) is 3.69. The Morgan fingerprint density at radius 1 is 1.24 bits per heavy atom. The summed E-state index contributed by atoms with van der Waals surface area (Å²) in [5.41, 5.74) is 2.85. The highest BCUT2D eigenvalue weighted by molar-refractivity contribution is 6.31. The van der Waals surface area contributed by atoms with Crippen LogP contribution in [0.1, 0.15) is 28.9 Å². The van der Waals surface area contributed by atoms with Crippen LogP contribution in [0.2, 0.25) is 5.02 Å². The van der Waals surface area contributed by atoms with Crippen molar-refractivity contribution >= 4 is 40.0 Å². The normalized spacial score (nSPS) is 14.2. The summed E-state index contributed by atoms with van der Waals surface area (Å²) in [7, 11) is 0. The Balaban J connectivity index is 1.72. The Labute approximate surface area is 150 Å². The van der Waals surface area contributed by atoms with Crippen molar-refractivity contribution in [2.45, 2.75) is 19.8 Å². The smallest absolute Gasteiger partial charge is 0.272 e. The molecular weight excluding hydrogens is 338 g/mol. The number of nitrogens with zero attached hydrogens (tertiary/aromatic N) is 2. The van der Waals surface area contributed by atoms with E-state index in [9.17, 15) is 4.79 Å². The molecule has 4 rings (SSSR count). The van der Waals surface area contributed by atoms with E-state index in [1.54, 1.807) is 12.3 Å². The summed E-state index contributed by atoms with van der Waals surface area (Å²) in [5, 5.41) is 4.77. The Kier molecular flexibility index (Phi) is 4.09. The van der Waals surface area contributed by atoms with E-state index in [-0.39, 0.29) is 5.91 Å². The molecule has 5 nitrogen and oxygen atoms in total. The minimum absolute atomic E-state index is 0.0548. The van der Waals surface area contributed by atoms with Gasteiger partial charge in [-0.1, -0.05) is 17.7 Å². The summed E-state index contributed by atoms with van der Waals surface area (Å²) >= 11 is 6.21. The van der Waals surface area contributed by atoms with Crippen LogP contribution in [0.3, 0.4) is 0 Å². The van der Waals surface area contributed by atoms with Gasteiger partial charge in [0.2, 0.25) is 0 Å². The molecule has 1 saturated heterocycles. The summed E-state index contributed by atoms with van der Waals surface area (Å²) in [5.74, 6) is 0.537. The Bertz CT molecular complexity index is 945. The van der Waals surface area contributed by atoms with Crippen molar-refractivity contribution in [2.75, 3.05) is 18.4 Å². The van der Waals surface area contributed by atoms with Crippen molar-refractivity contribution < 1.29 is 9.21 Å². The standard InChI is InChI=1S/C19H18ClN3O2/c1-12-4-5-13(10-15(12)20)21-18-14-6-9-25-17(14)11-16(22-18)19(24)23-7-2-3-8-23/h4-6,9-11H,2-3,7-8H2,1H3,(H,21,22). The highest BCUT2D eigenvalue weighted by atomic mass is 35.5. The van der Waals surface area contributed by atoms with Crippen molar-refractivity contribution in [3.05, 3.63) is 52.9 Å². The summed E-state index contributed by atoms with van der Waals surface area (Å²) in [6.45, 7) is 3.52. The summed E-state index contributed by atoms with van der Waals surface area (Å²) in [6, 6.07) is 9.27. The molecule has 25 heavy (non-hydrogen) atoms. The topological polar surface area (TPSA) is 58.4 Å². The fraction of sp³-hybridized carbons (Fsp3) is 0.263. The zero-order chi connectivity index (χ0) is 17.4. The first-order valence-corrected chi connectivity index (χ1v) is 8.70. The number of rotatable bonds is 3. The van der Waals surface area contributed by atoms with E-state index in [1.165, 1.54) is 0 Å². The zero-order valence-corrected chi connectivity index (χ0v) is 14.6. The Hall–Kier alpha value is -2.53. The van der Waals surface area contributed by atoms with Crippen molar-refractivity contribution in [1.82, 2.24) is 9.88 Å². The van der Waals surface area contributed by atoms with E-state index in [0.717, 1.165) is 42.6 Å². The number of nitrogens with one attached hydrogen (secondary N) is 1. The van der Waals surface area contributed by atoms with Crippen molar-refractivity contribution in [1.29, 1.82) is 0 Å². The molecule has 0 radical (unpaired) electrons. The molecule has 3 heterocycles. The monoisotopic (exact) mass is 355 g/mol. The number of benzene rings is 1. The van der Waals surface area contributed by atoms with Crippen molar-refractivity contribution in [3.8, 4) is 0 Å². The lowest BCUT2D eigenvalue weighted by atomic mass is 10.2. The van der Waals surface area contributed by atoms with Gasteiger partial charge in [-0.25, -0.2) is 4.98 Å². The molecule has 128 valence electrons. The molecule has 0 unspecified atom stereocenters. The lowest BCUT2D eigenvalue weighted by molar-refractivity contribution is 0.0787. The maximum absolute atomic E-state index is 12.7. The molecule has 3 aromatic rings. The van der Waals surface area contributed by atoms with Gasteiger partial charge in [0, 0.05) is 29.9 Å². The molecule has 0 bridgehead atoms. The van der Waals surface area contributed by atoms with E-state index < -0.39 is 0 Å². The number of fused-ring (bicyclic) bond motifs is 1. The maximum Gasteiger partial charge on any atom is 0.272 e. The SMILES string of the molecule is Cc1ccc(Nc2nc(C(=O)N3CCCC3)cc3occc23)cc1Cl. The van der Waals surface area contributed by atoms with Crippen LogP contribution in [0.15, 0.2) is 41.0 Å². The number of carbonyl (C=O) groups excluding carboxylic acids is 1. The number of aryl methyl sites for hydroxylation is 1. The van der Waals surface area contributed by atoms with Crippen LogP contribution in [0.4, 0.5) is 11.5 Å². The predicted octanol–water partition coefficient (Wildman–Crippen LogP) is 4.77. The average Bonchev–Trinajstić information content (AvgIpc) is 3.28. The number of halogens is 1. The fourth-order valence-electron chi connectivity index (χ4n) is 3.06. The van der Waals surface area contributed by atoms with Gasteiger partial charge in [-0.2, -0.15) is 0 Å². The first kappa shape index (κ1) is 16.0. The largest absolute Gasteiger partial charge is 0.464 e. The van der Waals surface area contributed by atoms with Crippen LogP contribution in [0.25, 0.3) is 11.0 Å². The summed E-state index contributed by atoms with van der Waals surface area (Å²) in [4.78, 5) is 19.1. The van der Waals surface area contributed by atoms with Crippen LogP contribution in [0.5, 0.6) is 0 Å². The third-order valence-corrected chi connectivity index (χ3v) is 4.90. The van der Waals surface area contributed by atoms with Gasteiger partial charge in [-0.15, -0.1) is 0 Å². The number of anilines is 2. The summed E-state index contributed by atoms with van der Waals surface area (Å²) < 4.78 is 5.52. The third kappa shape index (κ3) is 3.07. The number of likely N-dealkylation sites (tertiary alicyclic amines) is 1. The minimum Gasteiger partial charge on any atom is -0.464 e. The molecular formula is C19H18ClN3O2. The molecule has 1 amide bonds. The van der Waals surface area contributed by atoms with Crippen LogP contribution in [0, 0.1) is 6.92 Å². The van der Waals surface area contributed by atoms with Gasteiger partial charge >= 0.3 is 0 Å². The quantitative estimate of drug-likeness (QED) is 0.735. The molecule has 0 aliphatic carbocycles. The minimum atomic E-state index is -0.0548. The highest BCUT2D eigenvalue weighted by Gasteiger charge is 2.22. The molecule has 6 heteroatoms. The molecule has 2 aromatic heterocycles. The van der Waals surface area contributed by atoms with E-state index in [2.05, 4.69) is 10.3 Å². The molecule has 1 aliphatic heterocycles. The molecule has 0 spiro atoms. The maximum atomic E-state index is 12.7. The number of furan rings is 1. The van der Waals surface area contributed by atoms with Crippen LogP contribution in [-0.2, 0) is 0 Å². The van der Waals surface area contributed by atoms with Gasteiger partial charge in [0.1, 0.15) is 17.1 Å². The van der Waals surface area contributed by atoms with Crippen molar-refractivity contribution in [2.24, 2.45) is 0 Å². The highest BCUT2D eigenvalue weighted by Crippen LogP contribution is 2.29. The number of carbonyl (C=O) groups is 1. The number of amides is 1. The number of hydrogen-bond donors (Lipinski definition) is 1. The lowest BCUT2D eigenvalue weighted by Crippen LogP contribution is -2.28. The van der Waals surface area contributed by atoms with Gasteiger partial charge in [-0.3, -0.25) is 4.79 Å². The second kappa shape index (κ2) is 6.41. The van der Waals surface area contributed by atoms with Gasteiger partial charge in [0.15, 0.2) is 0 Å². The molecule has 1 aromatic carbocycles. The number of aromatic nitrogens is 1. The first-order valence-electron chi connectivity index (χ1n) is 8.32. The van der Waals surface area contributed by atoms with Gasteiger partial charge < -0.3 is 14.6 Å². The second-order valence-electron chi connectivity index (χ2n) is 6.28. The zero-order valence-electron chi connectivity index (χ0n) is 13.9. The second-order valence-corrected chi connectivity index (χ2v) is 6.68. The number of pyridine rings is 1. The Morgan fingerprint density at radius 2 is 2.04 bits per heavy atom. The molecule has 1 N–H and O–H groups in total. The van der Waals surface area contributed by atoms with Gasteiger partial charge in [-0.05, 0) is 43.5 Å². The molecule has 1 fully saturated rings.